The van der Waals surface area contributed by atoms with E-state index in [1.807, 2.05) is 0 Å². The van der Waals surface area contributed by atoms with Crippen LogP contribution in [0.25, 0.3) is 0 Å². The molecule has 1 nitrogen and oxygen atoms in total. The minimum absolute atomic E-state index is 1.18. The summed E-state index contributed by atoms with van der Waals surface area (Å²) >= 11 is 0. The average Bonchev–Trinajstić information content (AvgIpc) is 2.36. The maximum absolute atomic E-state index is 6.29. The van der Waals surface area contributed by atoms with Gasteiger partial charge in [0.05, 0.1) is 5.76 Å². The highest BCUT2D eigenvalue weighted by Crippen LogP contribution is 2.24. The number of rotatable bonds is 10. The summed E-state index contributed by atoms with van der Waals surface area (Å²) < 4.78 is 6.29. The van der Waals surface area contributed by atoms with Gasteiger partial charge in [-0.25, -0.2) is 0 Å². The lowest BCUT2D eigenvalue weighted by atomic mass is 10.1. The lowest BCUT2D eigenvalue weighted by Crippen LogP contribution is -2.34. The van der Waals surface area contributed by atoms with Gasteiger partial charge in [-0.1, -0.05) is 47.0 Å². The van der Waals surface area contributed by atoms with Gasteiger partial charge in [0.25, 0.3) is 0 Å². The van der Waals surface area contributed by atoms with Crippen LogP contribution in [-0.4, -0.2) is 8.32 Å². The van der Waals surface area contributed by atoms with Gasteiger partial charge in [0.1, 0.15) is 0 Å². The molecule has 2 heteroatoms. The largest absolute Gasteiger partial charge is 0.547 e. The van der Waals surface area contributed by atoms with Gasteiger partial charge < -0.3 is 4.43 Å². The Hall–Kier alpha value is -0.243. The molecule has 0 atom stereocenters. The third kappa shape index (κ3) is 6.92. The molecule has 0 saturated carbocycles. The Labute approximate surface area is 110 Å². The molecule has 0 aliphatic heterocycles. The number of hydrogen-bond acceptors (Lipinski definition) is 1. The molecular weight excluding hydrogens is 224 g/mol. The normalized spacial score (nSPS) is 12.9. The van der Waals surface area contributed by atoms with E-state index in [1.54, 1.807) is 0 Å². The minimum Gasteiger partial charge on any atom is -0.547 e. The summed E-state index contributed by atoms with van der Waals surface area (Å²) in [6.45, 7) is 11.3. The molecule has 0 bridgehead atoms. The summed E-state index contributed by atoms with van der Waals surface area (Å²) in [6, 6.07) is 3.71. The van der Waals surface area contributed by atoms with Crippen molar-refractivity contribution in [2.45, 2.75) is 84.9 Å². The first kappa shape index (κ1) is 16.8. The quantitative estimate of drug-likeness (QED) is 0.269. The topological polar surface area (TPSA) is 9.23 Å². The second kappa shape index (κ2) is 9.75. The zero-order chi connectivity index (χ0) is 13.1. The van der Waals surface area contributed by atoms with E-state index in [1.165, 1.54) is 56.0 Å². The first-order valence-corrected chi connectivity index (χ1v) is 10.0. The Bertz CT molecular complexity index is 199. The lowest BCUT2D eigenvalue weighted by molar-refractivity contribution is 0.403. The molecule has 0 radical (unpaired) electrons. The van der Waals surface area contributed by atoms with Gasteiger partial charge in [-0.05, 0) is 44.0 Å². The SMILES string of the molecule is CCCCCC/C=C(\C)O[Si](CC)(CC)CC. The summed E-state index contributed by atoms with van der Waals surface area (Å²) in [4.78, 5) is 0. The van der Waals surface area contributed by atoms with E-state index in [0.29, 0.717) is 0 Å². The smallest absolute Gasteiger partial charge is 0.250 e. The molecule has 0 aromatic rings. The van der Waals surface area contributed by atoms with Crippen molar-refractivity contribution in [1.82, 2.24) is 0 Å². The Morgan fingerprint density at radius 2 is 1.53 bits per heavy atom. The molecular formula is C15H32OSi. The Balaban J connectivity index is 4.03. The van der Waals surface area contributed by atoms with E-state index in [0.717, 1.165) is 0 Å². The molecule has 0 heterocycles. The molecule has 102 valence electrons. The zero-order valence-electron chi connectivity index (χ0n) is 12.6. The number of unbranched alkanes of at least 4 members (excludes halogenated alkanes) is 4. The third-order valence-corrected chi connectivity index (χ3v) is 8.42. The van der Waals surface area contributed by atoms with Gasteiger partial charge >= 0.3 is 0 Å². The van der Waals surface area contributed by atoms with Gasteiger partial charge in [0, 0.05) is 0 Å². The van der Waals surface area contributed by atoms with Crippen LogP contribution in [0.4, 0.5) is 0 Å². The molecule has 0 aliphatic rings. The average molecular weight is 257 g/mol. The molecule has 17 heavy (non-hydrogen) atoms. The molecule has 0 aromatic carbocycles. The van der Waals surface area contributed by atoms with Crippen LogP contribution in [0.15, 0.2) is 11.8 Å². The second-order valence-corrected chi connectivity index (χ2v) is 9.70. The molecule has 0 amide bonds. The summed E-state index contributed by atoms with van der Waals surface area (Å²) in [5, 5.41) is 0. The molecule has 0 rings (SSSR count). The highest BCUT2D eigenvalue weighted by molar-refractivity contribution is 6.73. The zero-order valence-corrected chi connectivity index (χ0v) is 13.6. The molecule has 0 aromatic heterocycles. The maximum atomic E-state index is 6.29. The number of allylic oxidation sites excluding steroid dienone is 2. The van der Waals surface area contributed by atoms with E-state index in [-0.39, 0.29) is 0 Å². The fraction of sp³-hybridized carbons (Fsp3) is 0.867. The van der Waals surface area contributed by atoms with Gasteiger partial charge in [0.15, 0.2) is 0 Å². The fourth-order valence-electron chi connectivity index (χ4n) is 2.23. The van der Waals surface area contributed by atoms with Crippen LogP contribution in [0.1, 0.15) is 66.7 Å². The van der Waals surface area contributed by atoms with E-state index >= 15 is 0 Å². The first-order chi connectivity index (χ1) is 8.14. The van der Waals surface area contributed by atoms with Gasteiger partial charge in [-0.2, -0.15) is 0 Å². The van der Waals surface area contributed by atoms with Gasteiger partial charge in [-0.15, -0.1) is 0 Å². The number of hydrogen-bond donors (Lipinski definition) is 0. The Morgan fingerprint density at radius 3 is 2.00 bits per heavy atom. The second-order valence-electron chi connectivity index (χ2n) is 5.01. The molecule has 0 saturated heterocycles. The van der Waals surface area contributed by atoms with Crippen LogP contribution in [0.2, 0.25) is 18.1 Å². The molecule has 0 N–H and O–H groups in total. The highest BCUT2D eigenvalue weighted by Gasteiger charge is 2.30. The molecule has 0 fully saturated rings. The van der Waals surface area contributed by atoms with E-state index in [9.17, 15) is 0 Å². The van der Waals surface area contributed by atoms with Crippen molar-refractivity contribution < 1.29 is 4.43 Å². The molecule has 0 spiro atoms. The fourth-order valence-corrected chi connectivity index (χ4v) is 4.93. The van der Waals surface area contributed by atoms with Crippen LogP contribution >= 0.6 is 0 Å². The summed E-state index contributed by atoms with van der Waals surface area (Å²) in [5.41, 5.74) is 0. The lowest BCUT2D eigenvalue weighted by Gasteiger charge is -2.29. The Morgan fingerprint density at radius 1 is 0.941 bits per heavy atom. The van der Waals surface area contributed by atoms with E-state index in [4.69, 9.17) is 4.43 Å². The summed E-state index contributed by atoms with van der Waals surface area (Å²) in [5.74, 6) is 1.18. The van der Waals surface area contributed by atoms with Crippen molar-refractivity contribution in [3.8, 4) is 0 Å². The van der Waals surface area contributed by atoms with Gasteiger partial charge in [0.2, 0.25) is 8.32 Å². The first-order valence-electron chi connectivity index (χ1n) is 7.49. The van der Waals surface area contributed by atoms with Crippen LogP contribution in [-0.2, 0) is 4.43 Å². The van der Waals surface area contributed by atoms with E-state index in [2.05, 4.69) is 40.7 Å². The van der Waals surface area contributed by atoms with Crippen molar-refractivity contribution in [3.05, 3.63) is 11.8 Å². The van der Waals surface area contributed by atoms with Crippen molar-refractivity contribution >= 4 is 8.32 Å². The third-order valence-electron chi connectivity index (χ3n) is 3.80. The van der Waals surface area contributed by atoms with Crippen LogP contribution in [0.5, 0.6) is 0 Å². The van der Waals surface area contributed by atoms with Crippen molar-refractivity contribution in [3.63, 3.8) is 0 Å². The maximum Gasteiger partial charge on any atom is 0.250 e. The summed E-state index contributed by atoms with van der Waals surface area (Å²) in [7, 11) is -1.42. The Kier molecular flexibility index (Phi) is 9.61. The van der Waals surface area contributed by atoms with E-state index < -0.39 is 8.32 Å². The van der Waals surface area contributed by atoms with Crippen molar-refractivity contribution in [2.75, 3.05) is 0 Å². The van der Waals surface area contributed by atoms with Crippen molar-refractivity contribution in [1.29, 1.82) is 0 Å². The molecule has 0 unspecified atom stereocenters. The van der Waals surface area contributed by atoms with Crippen LogP contribution in [0.3, 0.4) is 0 Å². The van der Waals surface area contributed by atoms with Crippen LogP contribution in [0, 0.1) is 0 Å². The predicted molar refractivity (Wildman–Crippen MR) is 80.8 cm³/mol. The summed E-state index contributed by atoms with van der Waals surface area (Å²) in [6.07, 6.45) is 8.85. The standard InChI is InChI=1S/C15H32OSi/c1-6-10-11-12-13-14-15(5)16-17(7-2,8-3)9-4/h14H,6-13H2,1-5H3/b15-14+. The van der Waals surface area contributed by atoms with Crippen LogP contribution < -0.4 is 0 Å². The highest BCUT2D eigenvalue weighted by atomic mass is 28.4. The minimum atomic E-state index is -1.42. The monoisotopic (exact) mass is 256 g/mol. The predicted octanol–water partition coefficient (Wildman–Crippen LogP) is 5.88. The molecule has 0 aliphatic carbocycles. The van der Waals surface area contributed by atoms with Crippen molar-refractivity contribution in [2.24, 2.45) is 0 Å². The van der Waals surface area contributed by atoms with Gasteiger partial charge in [-0.3, -0.25) is 0 Å².